The van der Waals surface area contributed by atoms with Gasteiger partial charge in [-0.15, -0.1) is 11.3 Å². The molecule has 17 heavy (non-hydrogen) atoms. The molecule has 1 aromatic carbocycles. The topological polar surface area (TPSA) is 29.5 Å². The van der Waals surface area contributed by atoms with E-state index in [0.29, 0.717) is 6.42 Å². The van der Waals surface area contributed by atoms with Crippen molar-refractivity contribution in [3.05, 3.63) is 51.7 Å². The van der Waals surface area contributed by atoms with E-state index in [0.717, 1.165) is 11.3 Å². The average molecular weight is 246 g/mol. The third kappa shape index (κ3) is 1.85. The van der Waals surface area contributed by atoms with E-state index in [4.69, 9.17) is 4.74 Å². The van der Waals surface area contributed by atoms with E-state index in [2.05, 4.69) is 18.4 Å². The molecule has 0 saturated carbocycles. The van der Waals surface area contributed by atoms with Crippen LogP contribution in [-0.4, -0.2) is 5.11 Å². The van der Waals surface area contributed by atoms with Crippen molar-refractivity contribution in [1.82, 2.24) is 0 Å². The number of hydrogen-bond donors (Lipinski definition) is 1. The highest BCUT2D eigenvalue weighted by atomic mass is 32.1. The third-order valence-electron chi connectivity index (χ3n) is 3.18. The lowest BCUT2D eigenvalue weighted by Gasteiger charge is -2.29. The third-order valence-corrected chi connectivity index (χ3v) is 4.29. The summed E-state index contributed by atoms with van der Waals surface area (Å²) in [6, 6.07) is 9.82. The van der Waals surface area contributed by atoms with Gasteiger partial charge in [0.1, 0.15) is 11.9 Å². The van der Waals surface area contributed by atoms with E-state index >= 15 is 0 Å². The predicted octanol–water partition coefficient (Wildman–Crippen LogP) is 3.61. The summed E-state index contributed by atoms with van der Waals surface area (Å²) in [6.45, 7) is 2.09. The molecule has 88 valence electrons. The van der Waals surface area contributed by atoms with Gasteiger partial charge in [-0.05, 0) is 30.0 Å². The van der Waals surface area contributed by atoms with Crippen molar-refractivity contribution in [2.45, 2.75) is 25.6 Å². The number of benzene rings is 1. The summed E-state index contributed by atoms with van der Waals surface area (Å²) in [6.07, 6.45) is 0.199. The summed E-state index contributed by atoms with van der Waals surface area (Å²) in [7, 11) is 0. The van der Waals surface area contributed by atoms with Crippen LogP contribution >= 0.6 is 11.3 Å². The van der Waals surface area contributed by atoms with E-state index < -0.39 is 6.10 Å². The fraction of sp³-hybridized carbons (Fsp3) is 0.286. The molecule has 0 amide bonds. The lowest BCUT2D eigenvalue weighted by molar-refractivity contribution is 0.0672. The Morgan fingerprint density at radius 2 is 2.12 bits per heavy atom. The number of para-hydroxylation sites is 1. The van der Waals surface area contributed by atoms with Crippen LogP contribution in [0, 0.1) is 6.92 Å². The first-order chi connectivity index (χ1) is 8.25. The van der Waals surface area contributed by atoms with Gasteiger partial charge >= 0.3 is 0 Å². The van der Waals surface area contributed by atoms with E-state index in [9.17, 15) is 5.11 Å². The van der Waals surface area contributed by atoms with Gasteiger partial charge in [-0.1, -0.05) is 18.2 Å². The molecule has 1 unspecified atom stereocenters. The molecule has 3 rings (SSSR count). The zero-order chi connectivity index (χ0) is 11.8. The second kappa shape index (κ2) is 4.17. The maximum atomic E-state index is 10.1. The standard InChI is InChI=1S/C14H14O2S/c1-9-6-7-17-14(9)13-8-11(15)10-4-2-3-5-12(10)16-13/h2-7,11,13,15H,8H2,1H3/t11-,13?/m1/s1. The van der Waals surface area contributed by atoms with Crippen LogP contribution in [0.4, 0.5) is 0 Å². The predicted molar refractivity (Wildman–Crippen MR) is 68.4 cm³/mol. The maximum absolute atomic E-state index is 10.1. The van der Waals surface area contributed by atoms with Gasteiger partial charge in [0.25, 0.3) is 0 Å². The highest BCUT2D eigenvalue weighted by molar-refractivity contribution is 7.10. The molecule has 1 aromatic heterocycles. The van der Waals surface area contributed by atoms with Gasteiger partial charge in [-0.3, -0.25) is 0 Å². The van der Waals surface area contributed by atoms with Crippen LogP contribution in [0.2, 0.25) is 0 Å². The monoisotopic (exact) mass is 246 g/mol. The fourth-order valence-corrected chi connectivity index (χ4v) is 3.24. The van der Waals surface area contributed by atoms with Gasteiger partial charge < -0.3 is 9.84 Å². The molecule has 0 spiro atoms. The number of aryl methyl sites for hydroxylation is 1. The Morgan fingerprint density at radius 1 is 1.29 bits per heavy atom. The minimum absolute atomic E-state index is 0.0140. The first kappa shape index (κ1) is 10.8. The van der Waals surface area contributed by atoms with Crippen molar-refractivity contribution in [2.75, 3.05) is 0 Å². The highest BCUT2D eigenvalue weighted by Gasteiger charge is 2.29. The first-order valence-corrected chi connectivity index (χ1v) is 6.61. The Kier molecular flexibility index (Phi) is 2.65. The Hall–Kier alpha value is -1.32. The summed E-state index contributed by atoms with van der Waals surface area (Å²) in [4.78, 5) is 1.22. The van der Waals surface area contributed by atoms with Crippen LogP contribution in [0.5, 0.6) is 5.75 Å². The number of thiophene rings is 1. The van der Waals surface area contributed by atoms with Crippen LogP contribution < -0.4 is 4.74 Å². The van der Waals surface area contributed by atoms with Gasteiger partial charge in [0.15, 0.2) is 0 Å². The van der Waals surface area contributed by atoms with E-state index in [1.165, 1.54) is 10.4 Å². The molecule has 3 heteroatoms. The summed E-state index contributed by atoms with van der Waals surface area (Å²) in [5, 5.41) is 12.2. The summed E-state index contributed by atoms with van der Waals surface area (Å²) in [5.74, 6) is 0.809. The molecule has 0 bridgehead atoms. The van der Waals surface area contributed by atoms with Crippen LogP contribution in [0.1, 0.15) is 34.6 Å². The van der Waals surface area contributed by atoms with Gasteiger partial charge in [-0.25, -0.2) is 0 Å². The number of ether oxygens (including phenoxy) is 1. The average Bonchev–Trinajstić information content (AvgIpc) is 2.75. The minimum Gasteiger partial charge on any atom is -0.484 e. The summed E-state index contributed by atoms with van der Waals surface area (Å²) in [5.41, 5.74) is 2.14. The van der Waals surface area contributed by atoms with Crippen LogP contribution in [0.15, 0.2) is 35.7 Å². The van der Waals surface area contributed by atoms with Crippen molar-refractivity contribution < 1.29 is 9.84 Å². The zero-order valence-corrected chi connectivity index (χ0v) is 10.4. The van der Waals surface area contributed by atoms with Crippen molar-refractivity contribution in [1.29, 1.82) is 0 Å². The molecule has 1 aliphatic heterocycles. The quantitative estimate of drug-likeness (QED) is 0.832. The zero-order valence-electron chi connectivity index (χ0n) is 9.59. The Labute approximate surface area is 104 Å². The van der Waals surface area contributed by atoms with Gasteiger partial charge in [0.05, 0.1) is 6.10 Å². The highest BCUT2D eigenvalue weighted by Crippen LogP contribution is 2.42. The number of hydrogen-bond acceptors (Lipinski definition) is 3. The molecule has 0 fully saturated rings. The lowest BCUT2D eigenvalue weighted by Crippen LogP contribution is -2.18. The molecular weight excluding hydrogens is 232 g/mol. The second-order valence-electron chi connectivity index (χ2n) is 4.36. The number of fused-ring (bicyclic) bond motifs is 1. The summed E-state index contributed by atoms with van der Waals surface area (Å²) < 4.78 is 5.98. The SMILES string of the molecule is Cc1ccsc1C1C[C@@H](O)c2ccccc2O1. The Bertz CT molecular complexity index is 533. The van der Waals surface area contributed by atoms with E-state index in [1.807, 2.05) is 24.3 Å². The van der Waals surface area contributed by atoms with Crippen molar-refractivity contribution in [3.63, 3.8) is 0 Å². The van der Waals surface area contributed by atoms with Crippen molar-refractivity contribution in [2.24, 2.45) is 0 Å². The molecular formula is C14H14O2S. The van der Waals surface area contributed by atoms with Crippen LogP contribution in [0.3, 0.4) is 0 Å². The van der Waals surface area contributed by atoms with Gasteiger partial charge in [0.2, 0.25) is 0 Å². The Balaban J connectivity index is 1.96. The first-order valence-electron chi connectivity index (χ1n) is 5.73. The van der Waals surface area contributed by atoms with Gasteiger partial charge in [-0.2, -0.15) is 0 Å². The minimum atomic E-state index is -0.425. The molecule has 0 saturated heterocycles. The van der Waals surface area contributed by atoms with E-state index in [1.54, 1.807) is 11.3 Å². The Morgan fingerprint density at radius 3 is 2.88 bits per heavy atom. The number of aliphatic hydroxyl groups is 1. The maximum Gasteiger partial charge on any atom is 0.136 e. The smallest absolute Gasteiger partial charge is 0.136 e. The van der Waals surface area contributed by atoms with Crippen LogP contribution in [0.25, 0.3) is 0 Å². The lowest BCUT2D eigenvalue weighted by atomic mass is 9.97. The van der Waals surface area contributed by atoms with Gasteiger partial charge in [0, 0.05) is 16.9 Å². The van der Waals surface area contributed by atoms with Crippen LogP contribution in [-0.2, 0) is 0 Å². The number of aliphatic hydroxyl groups excluding tert-OH is 1. The number of rotatable bonds is 1. The normalized spacial score (nSPS) is 22.9. The molecule has 2 nitrogen and oxygen atoms in total. The molecule has 0 radical (unpaired) electrons. The molecule has 2 atom stereocenters. The molecule has 2 heterocycles. The van der Waals surface area contributed by atoms with E-state index in [-0.39, 0.29) is 6.10 Å². The second-order valence-corrected chi connectivity index (χ2v) is 5.31. The fourth-order valence-electron chi connectivity index (χ4n) is 2.27. The molecule has 1 N–H and O–H groups in total. The van der Waals surface area contributed by atoms with Crippen molar-refractivity contribution >= 4 is 11.3 Å². The summed E-state index contributed by atoms with van der Waals surface area (Å²) >= 11 is 1.70. The molecule has 0 aliphatic carbocycles. The molecule has 1 aliphatic rings. The largest absolute Gasteiger partial charge is 0.484 e. The van der Waals surface area contributed by atoms with Crippen molar-refractivity contribution in [3.8, 4) is 5.75 Å². The molecule has 2 aromatic rings.